The molecule has 2 rings (SSSR count). The van der Waals surface area contributed by atoms with Crippen LogP contribution < -0.4 is 4.74 Å². The zero-order valence-corrected chi connectivity index (χ0v) is 13.1. The molecule has 112 valence electrons. The first-order valence-electron chi connectivity index (χ1n) is 6.90. The molecule has 0 spiro atoms. The molecule has 2 aromatic rings. The minimum Gasteiger partial charge on any atom is -0.485 e. The second-order valence-electron chi connectivity index (χ2n) is 4.62. The summed E-state index contributed by atoms with van der Waals surface area (Å²) < 4.78 is 7.53. The van der Waals surface area contributed by atoms with Crippen LogP contribution in [0.2, 0.25) is 5.02 Å². The predicted molar refractivity (Wildman–Crippen MR) is 81.0 cm³/mol. The summed E-state index contributed by atoms with van der Waals surface area (Å²) in [4.78, 5) is 15.2. The number of carbonyl (C=O) groups excluding carboxylic acids is 1. The topological polar surface area (TPSA) is 57.0 Å². The van der Waals surface area contributed by atoms with Gasteiger partial charge in [-0.25, -0.2) is 4.98 Å². The lowest BCUT2D eigenvalue weighted by molar-refractivity contribution is 0.111. The lowest BCUT2D eigenvalue weighted by atomic mass is 10.3. The molecule has 0 unspecified atom stereocenters. The van der Waals surface area contributed by atoms with Crippen LogP contribution in [0.3, 0.4) is 0 Å². The zero-order chi connectivity index (χ0) is 15.4. The molecule has 2 aromatic heterocycles. The Kier molecular flexibility index (Phi) is 4.96. The number of hydrogen-bond donors (Lipinski definition) is 0. The van der Waals surface area contributed by atoms with Crippen molar-refractivity contribution in [1.82, 2.24) is 14.8 Å². The molecule has 0 atom stereocenters. The van der Waals surface area contributed by atoms with Crippen LogP contribution in [-0.4, -0.2) is 21.1 Å². The van der Waals surface area contributed by atoms with Crippen molar-refractivity contribution in [2.24, 2.45) is 0 Å². The Balaban J connectivity index is 2.24. The number of rotatable bonds is 6. The lowest BCUT2D eigenvalue weighted by Gasteiger charge is -2.10. The number of nitrogens with zero attached hydrogens (tertiary/aromatic N) is 3. The maximum atomic E-state index is 11.0. The van der Waals surface area contributed by atoms with Crippen molar-refractivity contribution in [2.75, 3.05) is 0 Å². The number of hydrogen-bond acceptors (Lipinski definition) is 4. The van der Waals surface area contributed by atoms with E-state index >= 15 is 0 Å². The van der Waals surface area contributed by atoms with Gasteiger partial charge in [0.15, 0.2) is 6.29 Å². The second-order valence-corrected chi connectivity index (χ2v) is 5.00. The van der Waals surface area contributed by atoms with E-state index in [9.17, 15) is 4.79 Å². The summed E-state index contributed by atoms with van der Waals surface area (Å²) >= 11 is 6.33. The second kappa shape index (κ2) is 6.72. The fraction of sp³-hybridized carbons (Fsp3) is 0.400. The maximum absolute atomic E-state index is 11.0. The first-order chi connectivity index (χ1) is 10.1. The summed E-state index contributed by atoms with van der Waals surface area (Å²) in [6, 6.07) is 3.55. The molecule has 0 bridgehead atoms. The lowest BCUT2D eigenvalue weighted by Crippen LogP contribution is -2.08. The third-order valence-corrected chi connectivity index (χ3v) is 3.63. The molecule has 5 nitrogen and oxygen atoms in total. The molecule has 0 aliphatic heterocycles. The summed E-state index contributed by atoms with van der Waals surface area (Å²) in [6.45, 7) is 6.80. The predicted octanol–water partition coefficient (Wildman–Crippen LogP) is 3.21. The van der Waals surface area contributed by atoms with Crippen molar-refractivity contribution < 1.29 is 9.53 Å². The monoisotopic (exact) mass is 307 g/mol. The average Bonchev–Trinajstić information content (AvgIpc) is 2.81. The number of pyridine rings is 1. The van der Waals surface area contributed by atoms with Gasteiger partial charge >= 0.3 is 0 Å². The van der Waals surface area contributed by atoms with Crippen LogP contribution >= 0.6 is 11.6 Å². The van der Waals surface area contributed by atoms with Crippen molar-refractivity contribution >= 4 is 17.9 Å². The van der Waals surface area contributed by atoms with Crippen molar-refractivity contribution in [2.45, 2.75) is 40.3 Å². The maximum Gasteiger partial charge on any atom is 0.172 e. The van der Waals surface area contributed by atoms with Crippen molar-refractivity contribution in [1.29, 1.82) is 0 Å². The standard InChI is InChI=1S/C15H18ClN3O2/c1-4-11-15(16)13(19(5-2)18-11)9-21-14-7-6-10(3)17-12(14)8-20/h6-8H,4-5,9H2,1-3H3. The molecular formula is C15H18ClN3O2. The smallest absolute Gasteiger partial charge is 0.172 e. The molecule has 2 heterocycles. The first-order valence-corrected chi connectivity index (χ1v) is 7.28. The van der Waals surface area contributed by atoms with E-state index in [0.29, 0.717) is 29.3 Å². The number of halogens is 1. The fourth-order valence-electron chi connectivity index (χ4n) is 2.07. The van der Waals surface area contributed by atoms with E-state index in [1.54, 1.807) is 12.1 Å². The summed E-state index contributed by atoms with van der Waals surface area (Å²) in [6.07, 6.45) is 1.46. The Morgan fingerprint density at radius 1 is 1.38 bits per heavy atom. The highest BCUT2D eigenvalue weighted by Gasteiger charge is 2.15. The Morgan fingerprint density at radius 2 is 2.14 bits per heavy atom. The Hall–Kier alpha value is -1.88. The number of ether oxygens (including phenoxy) is 1. The molecule has 0 aromatic carbocycles. The third kappa shape index (κ3) is 3.24. The molecular weight excluding hydrogens is 290 g/mol. The average molecular weight is 308 g/mol. The zero-order valence-electron chi connectivity index (χ0n) is 12.4. The minimum atomic E-state index is 0.255. The Labute approximate surface area is 128 Å². The molecule has 0 fully saturated rings. The molecule has 0 amide bonds. The Bertz CT molecular complexity index is 653. The third-order valence-electron chi connectivity index (χ3n) is 3.20. The van der Waals surface area contributed by atoms with E-state index in [2.05, 4.69) is 10.1 Å². The van der Waals surface area contributed by atoms with Crippen molar-refractivity contribution in [3.05, 3.63) is 39.9 Å². The van der Waals surface area contributed by atoms with Gasteiger partial charge in [0.1, 0.15) is 18.1 Å². The summed E-state index contributed by atoms with van der Waals surface area (Å²) in [5.41, 5.74) is 2.74. The normalized spacial score (nSPS) is 10.7. The van der Waals surface area contributed by atoms with Crippen LogP contribution in [0.1, 0.15) is 41.4 Å². The van der Waals surface area contributed by atoms with Gasteiger partial charge in [0.05, 0.1) is 16.4 Å². The van der Waals surface area contributed by atoms with E-state index in [4.69, 9.17) is 16.3 Å². The number of aryl methyl sites for hydroxylation is 3. The van der Waals surface area contributed by atoms with Gasteiger partial charge in [-0.1, -0.05) is 18.5 Å². The molecule has 0 aliphatic rings. The van der Waals surface area contributed by atoms with Crippen LogP contribution in [0, 0.1) is 6.92 Å². The largest absolute Gasteiger partial charge is 0.485 e. The van der Waals surface area contributed by atoms with E-state index in [-0.39, 0.29) is 6.61 Å². The highest BCUT2D eigenvalue weighted by Crippen LogP contribution is 2.24. The van der Waals surface area contributed by atoms with Gasteiger partial charge in [0.2, 0.25) is 0 Å². The quantitative estimate of drug-likeness (QED) is 0.769. The van der Waals surface area contributed by atoms with E-state index in [1.807, 2.05) is 25.5 Å². The molecule has 0 saturated carbocycles. The number of aldehydes is 1. The molecule has 0 N–H and O–H groups in total. The summed E-state index contributed by atoms with van der Waals surface area (Å²) in [7, 11) is 0. The highest BCUT2D eigenvalue weighted by atomic mass is 35.5. The van der Waals surface area contributed by atoms with Gasteiger partial charge in [-0.05, 0) is 32.4 Å². The van der Waals surface area contributed by atoms with Gasteiger partial charge in [-0.15, -0.1) is 0 Å². The first kappa shape index (κ1) is 15.5. The van der Waals surface area contributed by atoms with Crippen LogP contribution in [-0.2, 0) is 19.6 Å². The van der Waals surface area contributed by atoms with Crippen LogP contribution in [0.5, 0.6) is 5.75 Å². The van der Waals surface area contributed by atoms with Crippen molar-refractivity contribution in [3.63, 3.8) is 0 Å². The molecule has 0 radical (unpaired) electrons. The van der Waals surface area contributed by atoms with Gasteiger partial charge < -0.3 is 4.74 Å². The van der Waals surface area contributed by atoms with Crippen LogP contribution in [0.4, 0.5) is 0 Å². The molecule has 0 aliphatic carbocycles. The summed E-state index contributed by atoms with van der Waals surface area (Å²) in [5, 5.41) is 5.07. The minimum absolute atomic E-state index is 0.255. The van der Waals surface area contributed by atoms with E-state index in [1.165, 1.54) is 0 Å². The van der Waals surface area contributed by atoms with Gasteiger partial charge in [-0.2, -0.15) is 5.10 Å². The Morgan fingerprint density at radius 3 is 2.76 bits per heavy atom. The molecule has 6 heteroatoms. The van der Waals surface area contributed by atoms with Gasteiger partial charge in [0.25, 0.3) is 0 Å². The SMILES string of the molecule is CCc1nn(CC)c(COc2ccc(C)nc2C=O)c1Cl. The molecule has 21 heavy (non-hydrogen) atoms. The number of carbonyl (C=O) groups is 1. The van der Waals surface area contributed by atoms with E-state index < -0.39 is 0 Å². The van der Waals surface area contributed by atoms with Crippen LogP contribution in [0.15, 0.2) is 12.1 Å². The fourth-order valence-corrected chi connectivity index (χ4v) is 2.40. The van der Waals surface area contributed by atoms with Gasteiger partial charge in [-0.3, -0.25) is 9.48 Å². The molecule has 0 saturated heterocycles. The number of aromatic nitrogens is 3. The van der Waals surface area contributed by atoms with Gasteiger partial charge in [0, 0.05) is 12.2 Å². The van der Waals surface area contributed by atoms with Crippen molar-refractivity contribution in [3.8, 4) is 5.75 Å². The summed E-state index contributed by atoms with van der Waals surface area (Å²) in [5.74, 6) is 0.452. The van der Waals surface area contributed by atoms with Crippen LogP contribution in [0.25, 0.3) is 0 Å². The van der Waals surface area contributed by atoms with E-state index in [0.717, 1.165) is 23.5 Å². The highest BCUT2D eigenvalue weighted by molar-refractivity contribution is 6.31.